The van der Waals surface area contributed by atoms with Gasteiger partial charge in [-0.15, -0.1) is 0 Å². The van der Waals surface area contributed by atoms with Crippen LogP contribution in [0.15, 0.2) is 42.5 Å². The monoisotopic (exact) mass is 322 g/mol. The van der Waals surface area contributed by atoms with E-state index in [9.17, 15) is 9.59 Å². The minimum Gasteiger partial charge on any atom is -0.350 e. The number of hydrogen-bond donors (Lipinski definition) is 1. The van der Waals surface area contributed by atoms with E-state index in [0.717, 1.165) is 17.7 Å². The summed E-state index contributed by atoms with van der Waals surface area (Å²) in [6, 6.07) is 13.6. The van der Waals surface area contributed by atoms with Gasteiger partial charge in [0.2, 0.25) is 5.91 Å². The molecule has 0 bridgehead atoms. The van der Waals surface area contributed by atoms with Crippen molar-refractivity contribution >= 4 is 17.5 Å². The van der Waals surface area contributed by atoms with Crippen LogP contribution in [0.25, 0.3) is 0 Å². The number of carbonyl (C=O) groups excluding carboxylic acids is 2. The van der Waals surface area contributed by atoms with Gasteiger partial charge >= 0.3 is 0 Å². The Morgan fingerprint density at radius 2 is 1.88 bits per heavy atom. The van der Waals surface area contributed by atoms with Crippen molar-refractivity contribution in [2.45, 2.75) is 26.7 Å². The van der Waals surface area contributed by atoms with E-state index in [4.69, 9.17) is 0 Å². The van der Waals surface area contributed by atoms with Crippen LogP contribution in [0.3, 0.4) is 0 Å². The highest BCUT2D eigenvalue weighted by atomic mass is 16.2. The first-order valence-electron chi connectivity index (χ1n) is 8.30. The summed E-state index contributed by atoms with van der Waals surface area (Å²) in [6.07, 6.45) is 1.32. The molecule has 24 heavy (non-hydrogen) atoms. The maximum atomic E-state index is 12.3. The summed E-state index contributed by atoms with van der Waals surface area (Å²) in [4.78, 5) is 26.2. The summed E-state index contributed by atoms with van der Waals surface area (Å²) in [6.45, 7) is 4.95. The summed E-state index contributed by atoms with van der Waals surface area (Å²) < 4.78 is 0. The fourth-order valence-corrected chi connectivity index (χ4v) is 3.01. The summed E-state index contributed by atoms with van der Waals surface area (Å²) in [5.74, 6) is 0.0185. The van der Waals surface area contributed by atoms with Crippen molar-refractivity contribution in [3.05, 3.63) is 64.7 Å². The molecule has 0 spiro atoms. The molecular formula is C20H22N2O2. The molecule has 1 heterocycles. The smallest absolute Gasteiger partial charge is 0.251 e. The number of benzene rings is 2. The first-order valence-corrected chi connectivity index (χ1v) is 8.30. The molecule has 1 N–H and O–H groups in total. The van der Waals surface area contributed by atoms with Gasteiger partial charge in [0.1, 0.15) is 0 Å². The van der Waals surface area contributed by atoms with E-state index < -0.39 is 0 Å². The Bertz CT molecular complexity index is 783. The average Bonchev–Trinajstić information content (AvgIpc) is 2.59. The number of aryl methyl sites for hydroxylation is 3. The van der Waals surface area contributed by atoms with Gasteiger partial charge in [0.25, 0.3) is 5.91 Å². The van der Waals surface area contributed by atoms with Gasteiger partial charge in [-0.2, -0.15) is 0 Å². The molecule has 2 aromatic carbocycles. The van der Waals surface area contributed by atoms with Crippen molar-refractivity contribution in [3.63, 3.8) is 0 Å². The molecule has 2 amide bonds. The third-order valence-electron chi connectivity index (χ3n) is 4.58. The van der Waals surface area contributed by atoms with Gasteiger partial charge in [0.15, 0.2) is 0 Å². The maximum absolute atomic E-state index is 12.3. The van der Waals surface area contributed by atoms with Crippen molar-refractivity contribution in [2.24, 2.45) is 0 Å². The molecule has 0 radical (unpaired) electrons. The number of fused-ring (bicyclic) bond motifs is 1. The minimum absolute atomic E-state index is 0.101. The van der Waals surface area contributed by atoms with Crippen LogP contribution in [0, 0.1) is 13.8 Å². The highest BCUT2D eigenvalue weighted by Gasteiger charge is 2.23. The van der Waals surface area contributed by atoms with Crippen molar-refractivity contribution in [2.75, 3.05) is 18.0 Å². The zero-order valence-electron chi connectivity index (χ0n) is 14.1. The molecular weight excluding hydrogens is 300 g/mol. The molecule has 4 heteroatoms. The van der Waals surface area contributed by atoms with Gasteiger partial charge in [0.05, 0.1) is 0 Å². The van der Waals surface area contributed by atoms with E-state index >= 15 is 0 Å². The molecule has 0 aliphatic carbocycles. The Kier molecular flexibility index (Phi) is 4.65. The predicted octanol–water partition coefficient (Wildman–Crippen LogP) is 3.01. The topological polar surface area (TPSA) is 49.4 Å². The van der Waals surface area contributed by atoms with Crippen LogP contribution in [0.4, 0.5) is 5.69 Å². The first-order chi connectivity index (χ1) is 11.6. The van der Waals surface area contributed by atoms with E-state index in [2.05, 4.69) is 11.4 Å². The Balaban J connectivity index is 1.63. The van der Waals surface area contributed by atoms with E-state index in [0.29, 0.717) is 25.1 Å². The predicted molar refractivity (Wildman–Crippen MR) is 95.4 cm³/mol. The van der Waals surface area contributed by atoms with Crippen LogP contribution >= 0.6 is 0 Å². The number of hydrogen-bond acceptors (Lipinski definition) is 2. The lowest BCUT2D eigenvalue weighted by Gasteiger charge is -2.29. The number of nitrogens with zero attached hydrogens (tertiary/aromatic N) is 1. The van der Waals surface area contributed by atoms with Crippen molar-refractivity contribution in [1.82, 2.24) is 5.32 Å². The standard InChI is InChI=1S/C20H22N2O2/c1-14-7-8-17(13-15(14)2)20(24)21-11-12-22-18-6-4-3-5-16(18)9-10-19(22)23/h3-8,13H,9-12H2,1-2H3,(H,21,24). The van der Waals surface area contributed by atoms with E-state index in [1.165, 1.54) is 11.1 Å². The molecule has 1 aliphatic rings. The van der Waals surface area contributed by atoms with Crippen LogP contribution in [-0.2, 0) is 11.2 Å². The summed E-state index contributed by atoms with van der Waals surface area (Å²) in [7, 11) is 0. The number of anilines is 1. The summed E-state index contributed by atoms with van der Waals surface area (Å²) >= 11 is 0. The van der Waals surface area contributed by atoms with Crippen molar-refractivity contribution in [1.29, 1.82) is 0 Å². The zero-order valence-corrected chi connectivity index (χ0v) is 14.1. The maximum Gasteiger partial charge on any atom is 0.251 e. The summed E-state index contributed by atoms with van der Waals surface area (Å²) in [5.41, 5.74) is 5.08. The normalized spacial score (nSPS) is 13.6. The third-order valence-corrected chi connectivity index (χ3v) is 4.58. The number of rotatable bonds is 4. The van der Waals surface area contributed by atoms with Gasteiger partial charge in [-0.05, 0) is 55.2 Å². The van der Waals surface area contributed by atoms with Crippen LogP contribution < -0.4 is 10.2 Å². The molecule has 0 saturated heterocycles. The van der Waals surface area contributed by atoms with Crippen molar-refractivity contribution < 1.29 is 9.59 Å². The van der Waals surface area contributed by atoms with Gasteiger partial charge in [0, 0.05) is 30.8 Å². The fraction of sp³-hybridized carbons (Fsp3) is 0.300. The quantitative estimate of drug-likeness (QED) is 0.941. The van der Waals surface area contributed by atoms with Crippen LogP contribution in [-0.4, -0.2) is 24.9 Å². The first kappa shape index (κ1) is 16.2. The highest BCUT2D eigenvalue weighted by molar-refractivity contribution is 5.97. The van der Waals surface area contributed by atoms with Crippen molar-refractivity contribution in [3.8, 4) is 0 Å². The Labute approximate surface area is 142 Å². The second-order valence-corrected chi connectivity index (χ2v) is 6.23. The number of nitrogens with one attached hydrogen (secondary N) is 1. The van der Waals surface area contributed by atoms with Gasteiger partial charge in [-0.3, -0.25) is 9.59 Å². The van der Waals surface area contributed by atoms with Gasteiger partial charge in [-0.1, -0.05) is 24.3 Å². The SMILES string of the molecule is Cc1ccc(C(=O)NCCN2C(=O)CCc3ccccc32)cc1C. The molecule has 2 aromatic rings. The van der Waals surface area contributed by atoms with Gasteiger partial charge < -0.3 is 10.2 Å². The Morgan fingerprint density at radius 3 is 2.67 bits per heavy atom. The third kappa shape index (κ3) is 3.32. The minimum atomic E-state index is -0.101. The molecule has 0 atom stereocenters. The lowest BCUT2D eigenvalue weighted by Crippen LogP contribution is -2.41. The fourth-order valence-electron chi connectivity index (χ4n) is 3.01. The second kappa shape index (κ2) is 6.87. The Hall–Kier alpha value is -2.62. The zero-order chi connectivity index (χ0) is 17.1. The van der Waals surface area contributed by atoms with E-state index in [1.807, 2.05) is 50.2 Å². The number of para-hydroxylation sites is 1. The molecule has 124 valence electrons. The lowest BCUT2D eigenvalue weighted by atomic mass is 10.0. The molecule has 0 saturated carbocycles. The lowest BCUT2D eigenvalue weighted by molar-refractivity contribution is -0.118. The number of amides is 2. The van der Waals surface area contributed by atoms with Gasteiger partial charge in [-0.25, -0.2) is 0 Å². The Morgan fingerprint density at radius 1 is 1.08 bits per heavy atom. The molecule has 0 unspecified atom stereocenters. The second-order valence-electron chi connectivity index (χ2n) is 6.23. The largest absolute Gasteiger partial charge is 0.350 e. The van der Waals surface area contributed by atoms with Crippen LogP contribution in [0.2, 0.25) is 0 Å². The highest BCUT2D eigenvalue weighted by Crippen LogP contribution is 2.26. The molecule has 4 nitrogen and oxygen atoms in total. The summed E-state index contributed by atoms with van der Waals surface area (Å²) in [5, 5.41) is 2.91. The van der Waals surface area contributed by atoms with Crippen LogP contribution in [0.5, 0.6) is 0 Å². The average molecular weight is 322 g/mol. The molecule has 0 fully saturated rings. The number of carbonyl (C=O) groups is 2. The molecule has 3 rings (SSSR count). The van der Waals surface area contributed by atoms with Crippen LogP contribution in [0.1, 0.15) is 33.5 Å². The molecule has 1 aliphatic heterocycles. The van der Waals surface area contributed by atoms with E-state index in [1.54, 1.807) is 4.90 Å². The molecule has 0 aromatic heterocycles. The van der Waals surface area contributed by atoms with E-state index in [-0.39, 0.29) is 11.8 Å².